The number of hydrogen-bond donors (Lipinski definition) is 2. The van der Waals surface area contributed by atoms with Crippen LogP contribution in [0.2, 0.25) is 5.02 Å². The van der Waals surface area contributed by atoms with Crippen molar-refractivity contribution in [2.24, 2.45) is 7.05 Å². The van der Waals surface area contributed by atoms with Crippen LogP contribution in [-0.4, -0.2) is 16.4 Å². The third-order valence-electron chi connectivity index (χ3n) is 5.26. The van der Waals surface area contributed by atoms with Crippen LogP contribution >= 0.6 is 11.6 Å². The van der Waals surface area contributed by atoms with Crippen molar-refractivity contribution in [3.8, 4) is 0 Å². The molecule has 156 valence electrons. The summed E-state index contributed by atoms with van der Waals surface area (Å²) >= 11 is 6.15. The van der Waals surface area contributed by atoms with Crippen LogP contribution in [-0.2, 0) is 7.05 Å². The summed E-state index contributed by atoms with van der Waals surface area (Å²) in [6.45, 7) is 1.91. The summed E-state index contributed by atoms with van der Waals surface area (Å²) < 4.78 is 1.90. The molecule has 0 aliphatic carbocycles. The lowest BCUT2D eigenvalue weighted by Gasteiger charge is -2.16. The SMILES string of the molecule is C[C@@H](NC(=O)c1cc(Cl)ccc1NC(=O)c1cn(C)c2ccccc12)c1ccccc1. The minimum Gasteiger partial charge on any atom is -0.350 e. The molecule has 1 heterocycles. The molecule has 0 unspecified atom stereocenters. The molecule has 0 saturated heterocycles. The highest BCUT2D eigenvalue weighted by molar-refractivity contribution is 6.31. The molecule has 3 aromatic carbocycles. The lowest BCUT2D eigenvalue weighted by atomic mass is 10.1. The van der Waals surface area contributed by atoms with Crippen LogP contribution in [0.15, 0.2) is 79.0 Å². The van der Waals surface area contributed by atoms with E-state index in [1.54, 1.807) is 24.4 Å². The Morgan fingerprint density at radius 3 is 2.39 bits per heavy atom. The highest BCUT2D eigenvalue weighted by Crippen LogP contribution is 2.25. The molecule has 1 atom stereocenters. The average molecular weight is 432 g/mol. The minimum absolute atomic E-state index is 0.200. The molecule has 1 aromatic heterocycles. The molecule has 0 aliphatic rings. The first-order valence-electron chi connectivity index (χ1n) is 9.95. The second-order valence-corrected chi connectivity index (χ2v) is 7.86. The first-order chi connectivity index (χ1) is 14.9. The van der Waals surface area contributed by atoms with Gasteiger partial charge < -0.3 is 15.2 Å². The number of carbonyl (C=O) groups excluding carboxylic acids is 2. The Morgan fingerprint density at radius 2 is 1.61 bits per heavy atom. The summed E-state index contributed by atoms with van der Waals surface area (Å²) in [6.07, 6.45) is 1.78. The van der Waals surface area contributed by atoms with Gasteiger partial charge in [0.05, 0.1) is 22.9 Å². The van der Waals surface area contributed by atoms with E-state index in [9.17, 15) is 9.59 Å². The molecule has 0 radical (unpaired) electrons. The van der Waals surface area contributed by atoms with Gasteiger partial charge in [0, 0.05) is 29.2 Å². The average Bonchev–Trinajstić information content (AvgIpc) is 3.12. The maximum atomic E-state index is 13.1. The molecule has 6 heteroatoms. The van der Waals surface area contributed by atoms with Gasteiger partial charge in [0.25, 0.3) is 11.8 Å². The molecular weight excluding hydrogens is 410 g/mol. The van der Waals surface area contributed by atoms with Gasteiger partial charge in [0.1, 0.15) is 0 Å². The van der Waals surface area contributed by atoms with Crippen LogP contribution in [0.4, 0.5) is 5.69 Å². The summed E-state index contributed by atoms with van der Waals surface area (Å²) in [5.41, 5.74) is 3.19. The molecule has 0 spiro atoms. The van der Waals surface area contributed by atoms with Crippen LogP contribution in [0.25, 0.3) is 10.9 Å². The Morgan fingerprint density at radius 1 is 0.903 bits per heavy atom. The van der Waals surface area contributed by atoms with E-state index in [4.69, 9.17) is 11.6 Å². The Balaban J connectivity index is 1.61. The van der Waals surface area contributed by atoms with Gasteiger partial charge in [-0.15, -0.1) is 0 Å². The van der Waals surface area contributed by atoms with Gasteiger partial charge in [-0.3, -0.25) is 9.59 Å². The third kappa shape index (κ3) is 4.32. The highest BCUT2D eigenvalue weighted by Gasteiger charge is 2.19. The Hall–Kier alpha value is -3.57. The largest absolute Gasteiger partial charge is 0.350 e. The number of benzene rings is 3. The normalized spacial score (nSPS) is 11.8. The molecule has 0 fully saturated rings. The number of para-hydroxylation sites is 1. The van der Waals surface area contributed by atoms with Gasteiger partial charge in [-0.25, -0.2) is 0 Å². The lowest BCUT2D eigenvalue weighted by Crippen LogP contribution is -2.28. The summed E-state index contributed by atoms with van der Waals surface area (Å²) in [4.78, 5) is 26.1. The predicted molar refractivity (Wildman–Crippen MR) is 125 cm³/mol. The van der Waals surface area contributed by atoms with E-state index < -0.39 is 0 Å². The second-order valence-electron chi connectivity index (χ2n) is 7.42. The van der Waals surface area contributed by atoms with Crippen LogP contribution in [0, 0.1) is 0 Å². The quantitative estimate of drug-likeness (QED) is 0.433. The standard InChI is InChI=1S/C25H22ClN3O2/c1-16(17-8-4-3-5-9-17)27-24(30)20-14-18(26)12-13-22(20)28-25(31)21-15-29(2)23-11-7-6-10-19(21)23/h3-16H,1-2H3,(H,27,30)(H,28,31)/t16-/m1/s1. The second kappa shape index (κ2) is 8.66. The van der Waals surface area contributed by atoms with Gasteiger partial charge in [0.2, 0.25) is 0 Å². The zero-order valence-corrected chi connectivity index (χ0v) is 18.0. The third-order valence-corrected chi connectivity index (χ3v) is 5.50. The maximum Gasteiger partial charge on any atom is 0.257 e. The van der Waals surface area contributed by atoms with Crippen molar-refractivity contribution in [2.75, 3.05) is 5.32 Å². The van der Waals surface area contributed by atoms with Crippen molar-refractivity contribution in [1.29, 1.82) is 0 Å². The number of fused-ring (bicyclic) bond motifs is 1. The number of nitrogens with one attached hydrogen (secondary N) is 2. The molecule has 4 rings (SSSR count). The van der Waals surface area contributed by atoms with Crippen LogP contribution in [0.1, 0.15) is 39.2 Å². The van der Waals surface area contributed by atoms with Crippen molar-refractivity contribution in [2.45, 2.75) is 13.0 Å². The Labute approximate surface area is 185 Å². The van der Waals surface area contributed by atoms with Crippen LogP contribution < -0.4 is 10.6 Å². The molecule has 31 heavy (non-hydrogen) atoms. The summed E-state index contributed by atoms with van der Waals surface area (Å²) in [7, 11) is 1.89. The van der Waals surface area contributed by atoms with E-state index in [1.165, 1.54) is 0 Å². The molecule has 2 amide bonds. The number of nitrogens with zero attached hydrogens (tertiary/aromatic N) is 1. The molecule has 0 saturated carbocycles. The molecule has 5 nitrogen and oxygen atoms in total. The van der Waals surface area contributed by atoms with Crippen molar-refractivity contribution < 1.29 is 9.59 Å². The molecule has 0 aliphatic heterocycles. The van der Waals surface area contributed by atoms with Crippen LogP contribution in [0.3, 0.4) is 0 Å². The number of anilines is 1. The highest BCUT2D eigenvalue weighted by atomic mass is 35.5. The fourth-order valence-corrected chi connectivity index (χ4v) is 3.80. The Kier molecular flexibility index (Phi) is 5.78. The maximum absolute atomic E-state index is 13.1. The lowest BCUT2D eigenvalue weighted by molar-refractivity contribution is 0.0940. The number of carbonyl (C=O) groups is 2. The number of hydrogen-bond acceptors (Lipinski definition) is 2. The topological polar surface area (TPSA) is 63.1 Å². The first kappa shape index (κ1) is 20.7. The fourth-order valence-electron chi connectivity index (χ4n) is 3.63. The van der Waals surface area contributed by atoms with Crippen molar-refractivity contribution >= 4 is 40.0 Å². The summed E-state index contributed by atoms with van der Waals surface area (Å²) in [5, 5.41) is 7.12. The number of amides is 2. The fraction of sp³-hybridized carbons (Fsp3) is 0.120. The molecule has 0 bridgehead atoms. The van der Waals surface area contributed by atoms with Gasteiger partial charge in [-0.1, -0.05) is 60.1 Å². The minimum atomic E-state index is -0.313. The predicted octanol–water partition coefficient (Wildman–Crippen LogP) is 5.58. The van der Waals surface area contributed by atoms with E-state index in [0.29, 0.717) is 21.8 Å². The van der Waals surface area contributed by atoms with E-state index in [1.807, 2.05) is 73.1 Å². The Bertz CT molecular complexity index is 1260. The zero-order valence-electron chi connectivity index (χ0n) is 17.2. The van der Waals surface area contributed by atoms with Crippen molar-refractivity contribution in [3.63, 3.8) is 0 Å². The number of aryl methyl sites for hydroxylation is 1. The van der Waals surface area contributed by atoms with Crippen LogP contribution in [0.5, 0.6) is 0 Å². The first-order valence-corrected chi connectivity index (χ1v) is 10.3. The van der Waals surface area contributed by atoms with E-state index in [2.05, 4.69) is 10.6 Å². The van der Waals surface area contributed by atoms with Gasteiger partial charge in [-0.05, 0) is 36.8 Å². The number of halogens is 1. The number of aromatic nitrogens is 1. The zero-order chi connectivity index (χ0) is 22.0. The van der Waals surface area contributed by atoms with E-state index >= 15 is 0 Å². The molecule has 4 aromatic rings. The summed E-state index contributed by atoms with van der Waals surface area (Å²) in [5.74, 6) is -0.601. The van der Waals surface area contributed by atoms with E-state index in [-0.39, 0.29) is 17.9 Å². The smallest absolute Gasteiger partial charge is 0.257 e. The monoisotopic (exact) mass is 431 g/mol. The molecular formula is C25H22ClN3O2. The van der Waals surface area contributed by atoms with Crippen molar-refractivity contribution in [1.82, 2.24) is 9.88 Å². The van der Waals surface area contributed by atoms with Gasteiger partial charge in [-0.2, -0.15) is 0 Å². The van der Waals surface area contributed by atoms with E-state index in [0.717, 1.165) is 16.5 Å². The van der Waals surface area contributed by atoms with Gasteiger partial charge >= 0.3 is 0 Å². The van der Waals surface area contributed by atoms with Crippen molar-refractivity contribution in [3.05, 3.63) is 101 Å². The van der Waals surface area contributed by atoms with Gasteiger partial charge in [0.15, 0.2) is 0 Å². The molecule has 2 N–H and O–H groups in total. The number of rotatable bonds is 5. The summed E-state index contributed by atoms with van der Waals surface area (Å²) in [6, 6.07) is 22.0.